The minimum absolute atomic E-state index is 0.0227. The highest BCUT2D eigenvalue weighted by atomic mass is 16.5. The van der Waals surface area contributed by atoms with Crippen LogP contribution in [0.4, 0.5) is 0 Å². The first kappa shape index (κ1) is 15.5. The molecule has 2 rings (SSSR count). The summed E-state index contributed by atoms with van der Waals surface area (Å²) in [7, 11) is 0. The molecule has 2 N–H and O–H groups in total. The van der Waals surface area contributed by atoms with Crippen LogP contribution in [0.3, 0.4) is 0 Å². The second-order valence-electron chi connectivity index (χ2n) is 5.69. The normalized spacial score (nSPS) is 18.1. The van der Waals surface area contributed by atoms with Gasteiger partial charge in [0.05, 0.1) is 12.6 Å². The van der Waals surface area contributed by atoms with Crippen LogP contribution in [0.5, 0.6) is 0 Å². The van der Waals surface area contributed by atoms with E-state index >= 15 is 0 Å². The molecule has 1 aromatic carbocycles. The third-order valence-electron chi connectivity index (χ3n) is 3.94. The maximum absolute atomic E-state index is 6.18. The Morgan fingerprint density at radius 1 is 1.25 bits per heavy atom. The molecule has 1 unspecified atom stereocenters. The first-order valence-electron chi connectivity index (χ1n) is 7.79. The molecule has 1 aromatic rings. The zero-order chi connectivity index (χ0) is 14.2. The van der Waals surface area contributed by atoms with Crippen LogP contribution >= 0.6 is 0 Å². The van der Waals surface area contributed by atoms with Gasteiger partial charge in [0, 0.05) is 19.8 Å². The highest BCUT2D eigenvalue weighted by molar-refractivity contribution is 5.24. The monoisotopic (exact) mass is 277 g/mol. The van der Waals surface area contributed by atoms with Crippen molar-refractivity contribution in [2.75, 3.05) is 26.4 Å². The Bertz CT molecular complexity index is 371. The van der Waals surface area contributed by atoms with Gasteiger partial charge in [-0.2, -0.15) is 0 Å². The van der Waals surface area contributed by atoms with Gasteiger partial charge in [-0.15, -0.1) is 0 Å². The summed E-state index contributed by atoms with van der Waals surface area (Å²) in [5.74, 6) is 0.642. The van der Waals surface area contributed by atoms with E-state index in [4.69, 9.17) is 15.2 Å². The number of benzene rings is 1. The van der Waals surface area contributed by atoms with Crippen molar-refractivity contribution in [2.45, 2.75) is 38.6 Å². The Morgan fingerprint density at radius 2 is 1.95 bits per heavy atom. The smallest absolute Gasteiger partial charge is 0.0659 e. The van der Waals surface area contributed by atoms with Gasteiger partial charge in [0.15, 0.2) is 0 Å². The van der Waals surface area contributed by atoms with Crippen molar-refractivity contribution in [3.05, 3.63) is 35.4 Å². The summed E-state index contributed by atoms with van der Waals surface area (Å²) >= 11 is 0. The fourth-order valence-corrected chi connectivity index (χ4v) is 2.59. The molecule has 1 atom stereocenters. The van der Waals surface area contributed by atoms with E-state index in [1.54, 1.807) is 0 Å². The number of rotatable bonds is 7. The molecular formula is C17H27NO2. The average Bonchev–Trinajstić information content (AvgIpc) is 2.49. The van der Waals surface area contributed by atoms with E-state index in [-0.39, 0.29) is 6.04 Å². The van der Waals surface area contributed by atoms with Crippen LogP contribution < -0.4 is 5.73 Å². The van der Waals surface area contributed by atoms with E-state index in [1.807, 2.05) is 0 Å². The largest absolute Gasteiger partial charge is 0.381 e. The van der Waals surface area contributed by atoms with Crippen LogP contribution in [0.2, 0.25) is 0 Å². The van der Waals surface area contributed by atoms with Crippen LogP contribution in [0.25, 0.3) is 0 Å². The molecule has 0 saturated carbocycles. The van der Waals surface area contributed by atoms with Gasteiger partial charge in [-0.3, -0.25) is 0 Å². The number of hydrogen-bond acceptors (Lipinski definition) is 3. The van der Waals surface area contributed by atoms with Gasteiger partial charge < -0.3 is 15.2 Å². The highest BCUT2D eigenvalue weighted by Crippen LogP contribution is 2.17. The maximum Gasteiger partial charge on any atom is 0.0659 e. The molecule has 1 aliphatic heterocycles. The molecule has 0 bridgehead atoms. The Hall–Kier alpha value is -0.900. The lowest BCUT2D eigenvalue weighted by Crippen LogP contribution is -2.23. The Kier molecular flexibility index (Phi) is 6.51. The van der Waals surface area contributed by atoms with Crippen LogP contribution in [0.1, 0.15) is 43.4 Å². The molecule has 20 heavy (non-hydrogen) atoms. The standard InChI is InChI=1S/C17H27NO2/c1-2-3-14-4-6-16(7-5-14)17(18)13-20-12-15-8-10-19-11-9-15/h4-7,15,17H,2-3,8-13,18H2,1H3. The van der Waals surface area contributed by atoms with E-state index in [0.29, 0.717) is 12.5 Å². The van der Waals surface area contributed by atoms with Crippen LogP contribution in [-0.2, 0) is 15.9 Å². The van der Waals surface area contributed by atoms with Crippen LogP contribution in [0, 0.1) is 5.92 Å². The fourth-order valence-electron chi connectivity index (χ4n) is 2.59. The van der Waals surface area contributed by atoms with Gasteiger partial charge in [-0.1, -0.05) is 37.6 Å². The number of hydrogen-bond donors (Lipinski definition) is 1. The van der Waals surface area contributed by atoms with E-state index < -0.39 is 0 Å². The topological polar surface area (TPSA) is 44.5 Å². The minimum atomic E-state index is -0.0227. The second kappa shape index (κ2) is 8.40. The van der Waals surface area contributed by atoms with Crippen molar-refractivity contribution in [3.8, 4) is 0 Å². The molecule has 0 aromatic heterocycles. The average molecular weight is 277 g/mol. The predicted molar refractivity (Wildman–Crippen MR) is 81.7 cm³/mol. The molecule has 1 fully saturated rings. The molecule has 1 saturated heterocycles. The van der Waals surface area contributed by atoms with Crippen molar-refractivity contribution in [2.24, 2.45) is 11.7 Å². The first-order chi connectivity index (χ1) is 9.79. The summed E-state index contributed by atoms with van der Waals surface area (Å²) in [4.78, 5) is 0. The third-order valence-corrected chi connectivity index (χ3v) is 3.94. The summed E-state index contributed by atoms with van der Waals surface area (Å²) in [6.07, 6.45) is 4.54. The lowest BCUT2D eigenvalue weighted by Gasteiger charge is -2.22. The van der Waals surface area contributed by atoms with E-state index in [9.17, 15) is 0 Å². The minimum Gasteiger partial charge on any atom is -0.381 e. The molecule has 112 valence electrons. The molecule has 3 heteroatoms. The molecule has 1 heterocycles. The van der Waals surface area contributed by atoms with Crippen molar-refractivity contribution in [1.29, 1.82) is 0 Å². The van der Waals surface area contributed by atoms with Crippen molar-refractivity contribution in [3.63, 3.8) is 0 Å². The number of nitrogens with two attached hydrogens (primary N) is 1. The summed E-state index contributed by atoms with van der Waals surface area (Å²) in [5.41, 5.74) is 8.73. The predicted octanol–water partition coefficient (Wildman–Crippen LogP) is 3.08. The van der Waals surface area contributed by atoms with Gasteiger partial charge in [0.25, 0.3) is 0 Å². The molecule has 3 nitrogen and oxygen atoms in total. The first-order valence-corrected chi connectivity index (χ1v) is 7.79. The lowest BCUT2D eigenvalue weighted by molar-refractivity contribution is 0.0174. The van der Waals surface area contributed by atoms with Crippen LogP contribution in [0.15, 0.2) is 24.3 Å². The molecule has 1 aliphatic rings. The van der Waals surface area contributed by atoms with Gasteiger partial charge in [-0.05, 0) is 36.3 Å². The summed E-state index contributed by atoms with van der Waals surface area (Å²) in [6, 6.07) is 8.60. The molecule has 0 spiro atoms. The molecule has 0 aliphatic carbocycles. The van der Waals surface area contributed by atoms with E-state index in [2.05, 4.69) is 31.2 Å². The zero-order valence-corrected chi connectivity index (χ0v) is 12.5. The number of ether oxygens (including phenoxy) is 2. The van der Waals surface area contributed by atoms with E-state index in [0.717, 1.165) is 44.6 Å². The summed E-state index contributed by atoms with van der Waals surface area (Å²) in [6.45, 7) is 5.36. The Morgan fingerprint density at radius 3 is 2.60 bits per heavy atom. The quantitative estimate of drug-likeness (QED) is 0.833. The fraction of sp³-hybridized carbons (Fsp3) is 0.647. The summed E-state index contributed by atoms with van der Waals surface area (Å²) in [5, 5.41) is 0. The van der Waals surface area contributed by atoms with Crippen molar-refractivity contribution < 1.29 is 9.47 Å². The van der Waals surface area contributed by atoms with Gasteiger partial charge in [0.1, 0.15) is 0 Å². The number of aryl methyl sites for hydroxylation is 1. The van der Waals surface area contributed by atoms with Gasteiger partial charge in [-0.25, -0.2) is 0 Å². The van der Waals surface area contributed by atoms with Gasteiger partial charge in [0.2, 0.25) is 0 Å². The van der Waals surface area contributed by atoms with Gasteiger partial charge >= 0.3 is 0 Å². The maximum atomic E-state index is 6.18. The molecular weight excluding hydrogens is 250 g/mol. The Balaban J connectivity index is 1.71. The van der Waals surface area contributed by atoms with Crippen molar-refractivity contribution in [1.82, 2.24) is 0 Å². The van der Waals surface area contributed by atoms with E-state index in [1.165, 1.54) is 12.0 Å². The zero-order valence-electron chi connectivity index (χ0n) is 12.5. The molecule has 0 amide bonds. The SMILES string of the molecule is CCCc1ccc(C(N)COCC2CCOCC2)cc1. The summed E-state index contributed by atoms with van der Waals surface area (Å²) < 4.78 is 11.1. The molecule has 0 radical (unpaired) electrons. The highest BCUT2D eigenvalue weighted by Gasteiger charge is 2.14. The third kappa shape index (κ3) is 4.89. The Labute approximate surface area is 122 Å². The second-order valence-corrected chi connectivity index (χ2v) is 5.69. The van der Waals surface area contributed by atoms with Crippen molar-refractivity contribution >= 4 is 0 Å². The lowest BCUT2D eigenvalue weighted by atomic mass is 10.0. The van der Waals surface area contributed by atoms with Crippen LogP contribution in [-0.4, -0.2) is 26.4 Å².